The van der Waals surface area contributed by atoms with Crippen molar-refractivity contribution in [1.29, 1.82) is 0 Å². The topological polar surface area (TPSA) is 127 Å². The maximum atomic E-state index is 13.7. The summed E-state index contributed by atoms with van der Waals surface area (Å²) in [7, 11) is -3.94. The van der Waals surface area contributed by atoms with Gasteiger partial charge in [-0.15, -0.1) is 11.3 Å². The second kappa shape index (κ2) is 8.80. The van der Waals surface area contributed by atoms with Gasteiger partial charge in [0.05, 0.1) is 26.2 Å². The minimum atomic E-state index is -4.84. The first-order chi connectivity index (χ1) is 15.8. The Morgan fingerprint density at radius 3 is 2.62 bits per heavy atom. The van der Waals surface area contributed by atoms with Crippen LogP contribution in [0.2, 0.25) is 5.02 Å². The molecule has 1 aliphatic rings. The number of nitrogens with two attached hydrogens (primary N) is 1. The van der Waals surface area contributed by atoms with Crippen LogP contribution in [-0.2, 0) is 29.0 Å². The highest BCUT2D eigenvalue weighted by Gasteiger charge is 2.37. The van der Waals surface area contributed by atoms with Crippen molar-refractivity contribution >= 4 is 50.3 Å². The number of nitrogens with one attached hydrogen (secondary N) is 2. The Morgan fingerprint density at radius 1 is 1.26 bits per heavy atom. The van der Waals surface area contributed by atoms with Crippen LogP contribution in [0.5, 0.6) is 0 Å². The summed E-state index contributed by atoms with van der Waals surface area (Å²) < 4.78 is 65.3. The molecular formula is C20H17ClF3N5O3S2. The highest BCUT2D eigenvalue weighted by Crippen LogP contribution is 2.41. The van der Waals surface area contributed by atoms with Gasteiger partial charge < -0.3 is 16.4 Å². The lowest BCUT2D eigenvalue weighted by molar-refractivity contribution is -0.137. The van der Waals surface area contributed by atoms with Crippen molar-refractivity contribution < 1.29 is 26.4 Å². The van der Waals surface area contributed by atoms with Gasteiger partial charge in [-0.1, -0.05) is 11.6 Å². The van der Waals surface area contributed by atoms with Crippen molar-refractivity contribution in [3.8, 4) is 10.6 Å². The van der Waals surface area contributed by atoms with E-state index in [1.807, 2.05) is 0 Å². The number of fused-ring (bicyclic) bond motifs is 1. The molecule has 0 unspecified atom stereocenters. The maximum absolute atomic E-state index is 13.7. The number of amides is 1. The zero-order valence-electron chi connectivity index (χ0n) is 17.5. The molecule has 0 aliphatic carbocycles. The van der Waals surface area contributed by atoms with Gasteiger partial charge in [-0.25, -0.2) is 18.4 Å². The summed E-state index contributed by atoms with van der Waals surface area (Å²) in [5, 5.41) is 6.39. The molecule has 1 aliphatic heterocycles. The van der Waals surface area contributed by atoms with E-state index in [2.05, 4.69) is 20.6 Å². The molecule has 0 saturated heterocycles. The molecule has 1 aromatic carbocycles. The van der Waals surface area contributed by atoms with E-state index < -0.39 is 38.1 Å². The summed E-state index contributed by atoms with van der Waals surface area (Å²) in [6.07, 6.45) is -2.67. The number of hydrogen-bond donors (Lipinski definition) is 3. The lowest BCUT2D eigenvalue weighted by Gasteiger charge is -2.19. The number of benzene rings is 1. The number of primary amides is 1. The number of carbonyl (C=O) groups is 1. The molecule has 0 atom stereocenters. The number of rotatable bonds is 5. The lowest BCUT2D eigenvalue weighted by Crippen LogP contribution is -2.23. The van der Waals surface area contributed by atoms with Gasteiger partial charge in [-0.2, -0.15) is 13.2 Å². The lowest BCUT2D eigenvalue weighted by atomic mass is 10.0. The van der Waals surface area contributed by atoms with E-state index in [9.17, 15) is 26.4 Å². The molecule has 0 radical (unpaired) electrons. The number of aromatic nitrogens is 2. The van der Waals surface area contributed by atoms with E-state index in [0.29, 0.717) is 34.8 Å². The molecule has 180 valence electrons. The third kappa shape index (κ3) is 4.87. The monoisotopic (exact) mass is 531 g/mol. The van der Waals surface area contributed by atoms with Gasteiger partial charge >= 0.3 is 6.18 Å². The fraction of sp³-hybridized carbons (Fsp3) is 0.250. The van der Waals surface area contributed by atoms with E-state index in [0.717, 1.165) is 36.4 Å². The Bertz CT molecular complexity index is 1410. The first-order valence-electron chi connectivity index (χ1n) is 9.72. The van der Waals surface area contributed by atoms with Crippen LogP contribution in [0.3, 0.4) is 0 Å². The Hall–Kier alpha value is -2.74. The van der Waals surface area contributed by atoms with E-state index in [4.69, 9.17) is 17.3 Å². The molecule has 4 N–H and O–H groups in total. The van der Waals surface area contributed by atoms with Gasteiger partial charge in [0.15, 0.2) is 9.84 Å². The van der Waals surface area contributed by atoms with Crippen molar-refractivity contribution in [2.45, 2.75) is 24.0 Å². The number of halogens is 4. The fourth-order valence-electron chi connectivity index (χ4n) is 3.49. The van der Waals surface area contributed by atoms with E-state index in [-0.39, 0.29) is 15.7 Å². The van der Waals surface area contributed by atoms with Crippen molar-refractivity contribution in [2.75, 3.05) is 18.1 Å². The van der Waals surface area contributed by atoms with E-state index >= 15 is 0 Å². The predicted octanol–water partition coefficient (Wildman–Crippen LogP) is 3.77. The van der Waals surface area contributed by atoms with Gasteiger partial charge in [0.25, 0.3) is 5.91 Å². The molecule has 3 heterocycles. The Balaban J connectivity index is 1.82. The summed E-state index contributed by atoms with van der Waals surface area (Å²) >= 11 is 6.85. The van der Waals surface area contributed by atoms with E-state index in [1.54, 1.807) is 12.1 Å². The third-order valence-corrected chi connectivity index (χ3v) is 7.79. The van der Waals surface area contributed by atoms with Crippen LogP contribution < -0.4 is 16.4 Å². The van der Waals surface area contributed by atoms with Crippen LogP contribution in [-0.4, -0.2) is 37.1 Å². The average molecular weight is 532 g/mol. The van der Waals surface area contributed by atoms with Crippen LogP contribution in [0.15, 0.2) is 29.3 Å². The summed E-state index contributed by atoms with van der Waals surface area (Å²) in [5.41, 5.74) is 5.92. The molecule has 8 nitrogen and oxygen atoms in total. The zero-order chi connectivity index (χ0) is 24.8. The SMILES string of the molecule is CS(=O)(=O)c1cc(-c2nc(Nc3cc4c(cc3Cl)CNCC4)ncc2C(F)(F)F)sc1C(N)=O. The molecule has 34 heavy (non-hydrogen) atoms. The highest BCUT2D eigenvalue weighted by molar-refractivity contribution is 7.91. The highest BCUT2D eigenvalue weighted by atomic mass is 35.5. The first-order valence-corrected chi connectivity index (χ1v) is 12.8. The number of thiophene rings is 1. The number of nitrogens with zero attached hydrogens (tertiary/aromatic N) is 2. The number of sulfone groups is 1. The first kappa shape index (κ1) is 24.4. The number of anilines is 2. The van der Waals surface area contributed by atoms with Crippen molar-refractivity contribution in [1.82, 2.24) is 15.3 Å². The molecule has 3 aromatic rings. The molecule has 4 rings (SSSR count). The smallest absolute Gasteiger partial charge is 0.365 e. The largest absolute Gasteiger partial charge is 0.420 e. The normalized spacial score (nSPS) is 14.0. The van der Waals surface area contributed by atoms with Crippen LogP contribution in [0, 0.1) is 0 Å². The van der Waals surface area contributed by atoms with Gasteiger partial charge in [-0.05, 0) is 42.3 Å². The summed E-state index contributed by atoms with van der Waals surface area (Å²) in [6, 6.07) is 4.50. The van der Waals surface area contributed by atoms with E-state index in [1.165, 1.54) is 0 Å². The van der Waals surface area contributed by atoms with Gasteiger partial charge in [0.2, 0.25) is 5.95 Å². The van der Waals surface area contributed by atoms with Gasteiger partial charge in [0.1, 0.15) is 10.4 Å². The molecule has 0 bridgehead atoms. The standard InChI is InChI=1S/C20H17ClF3N5O3S2/c1-34(31,32)15-6-14(33-17(15)18(25)30)16-11(20(22,23)24)8-27-19(29-16)28-13-5-9-2-3-26-7-10(9)4-12(13)21/h4-6,8,26H,2-3,7H2,1H3,(H2,25,30)(H,27,28,29). The van der Waals surface area contributed by atoms with Crippen LogP contribution in [0.25, 0.3) is 10.6 Å². The fourth-order valence-corrected chi connectivity index (χ4v) is 6.06. The maximum Gasteiger partial charge on any atom is 0.420 e. The number of alkyl halides is 3. The van der Waals surface area contributed by atoms with Crippen LogP contribution >= 0.6 is 22.9 Å². The van der Waals surface area contributed by atoms with Crippen molar-refractivity contribution in [3.05, 3.63) is 51.0 Å². The minimum absolute atomic E-state index is 0.186. The van der Waals surface area contributed by atoms with Crippen molar-refractivity contribution in [2.24, 2.45) is 5.73 Å². The molecule has 14 heteroatoms. The number of hydrogen-bond acceptors (Lipinski definition) is 8. The molecule has 0 fully saturated rings. The van der Waals surface area contributed by atoms with Crippen molar-refractivity contribution in [3.63, 3.8) is 0 Å². The quantitative estimate of drug-likeness (QED) is 0.457. The molecule has 0 spiro atoms. The Kier molecular flexibility index (Phi) is 6.31. The molecule has 1 amide bonds. The Labute approximate surface area is 201 Å². The summed E-state index contributed by atoms with van der Waals surface area (Å²) in [6.45, 7) is 1.43. The van der Waals surface area contributed by atoms with Gasteiger partial charge in [-0.3, -0.25) is 4.79 Å². The van der Waals surface area contributed by atoms with Crippen LogP contribution in [0.4, 0.5) is 24.8 Å². The second-order valence-electron chi connectivity index (χ2n) is 7.55. The average Bonchev–Trinajstić information content (AvgIpc) is 3.20. The molecule has 2 aromatic heterocycles. The Morgan fingerprint density at radius 2 is 2.00 bits per heavy atom. The van der Waals surface area contributed by atoms with Crippen LogP contribution in [0.1, 0.15) is 26.4 Å². The summed E-state index contributed by atoms with van der Waals surface area (Å²) in [5.74, 6) is -1.26. The predicted molar refractivity (Wildman–Crippen MR) is 122 cm³/mol. The summed E-state index contributed by atoms with van der Waals surface area (Å²) in [4.78, 5) is 18.5. The minimum Gasteiger partial charge on any atom is -0.365 e. The second-order valence-corrected chi connectivity index (χ2v) is 11.0. The zero-order valence-corrected chi connectivity index (χ0v) is 19.8. The number of carbonyl (C=O) groups excluding carboxylic acids is 1. The van der Waals surface area contributed by atoms with Gasteiger partial charge in [0, 0.05) is 19.0 Å². The molecule has 0 saturated carbocycles. The molecular weight excluding hydrogens is 515 g/mol. The third-order valence-electron chi connectivity index (χ3n) is 5.07.